The van der Waals surface area contributed by atoms with Crippen molar-refractivity contribution < 1.29 is 13.7 Å². The minimum Gasteiger partial charge on any atom is -0.361 e. The Labute approximate surface area is 153 Å². The monoisotopic (exact) mass is 360 g/mol. The Morgan fingerprint density at radius 1 is 1.23 bits per heavy atom. The van der Waals surface area contributed by atoms with E-state index in [0.717, 1.165) is 44.2 Å². The average molecular weight is 360 g/mol. The molecule has 1 amide bonds. The number of aryl methyl sites for hydroxylation is 1. The fraction of sp³-hybridized carbons (Fsp3) is 0.474. The first-order valence-corrected chi connectivity index (χ1v) is 8.85. The van der Waals surface area contributed by atoms with Gasteiger partial charge >= 0.3 is 0 Å². The number of carbonyl (C=O) groups is 1. The summed E-state index contributed by atoms with van der Waals surface area (Å²) in [5.74, 6) is 0.555. The Bertz CT molecular complexity index is 741. The summed E-state index contributed by atoms with van der Waals surface area (Å²) in [7, 11) is 1.72. The van der Waals surface area contributed by atoms with E-state index in [1.807, 2.05) is 13.0 Å². The molecule has 3 rings (SSSR count). The summed E-state index contributed by atoms with van der Waals surface area (Å²) in [5, 5.41) is 4.03. The van der Waals surface area contributed by atoms with Crippen molar-refractivity contribution in [1.29, 1.82) is 0 Å². The lowest BCUT2D eigenvalue weighted by molar-refractivity contribution is -0.132. The van der Waals surface area contributed by atoms with Gasteiger partial charge in [-0.25, -0.2) is 4.39 Å². The molecule has 1 aliphatic rings. The molecule has 6 nitrogen and oxygen atoms in total. The fourth-order valence-electron chi connectivity index (χ4n) is 3.11. The van der Waals surface area contributed by atoms with Gasteiger partial charge in [0.05, 0.1) is 12.2 Å². The van der Waals surface area contributed by atoms with Gasteiger partial charge in [0.2, 0.25) is 5.91 Å². The van der Waals surface area contributed by atoms with Crippen LogP contribution in [0.2, 0.25) is 0 Å². The highest BCUT2D eigenvalue weighted by atomic mass is 19.1. The van der Waals surface area contributed by atoms with Gasteiger partial charge in [-0.3, -0.25) is 14.6 Å². The quantitative estimate of drug-likeness (QED) is 0.788. The van der Waals surface area contributed by atoms with Gasteiger partial charge in [0.15, 0.2) is 0 Å². The summed E-state index contributed by atoms with van der Waals surface area (Å²) in [4.78, 5) is 18.5. The maximum Gasteiger partial charge on any atom is 0.236 e. The lowest BCUT2D eigenvalue weighted by atomic mass is 10.2. The molecule has 2 heterocycles. The first kappa shape index (κ1) is 18.5. The van der Waals surface area contributed by atoms with Gasteiger partial charge in [0.25, 0.3) is 0 Å². The third-order valence-corrected chi connectivity index (χ3v) is 4.68. The summed E-state index contributed by atoms with van der Waals surface area (Å²) in [6, 6.07) is 8.52. The molecule has 1 aliphatic heterocycles. The molecule has 1 aromatic carbocycles. The zero-order chi connectivity index (χ0) is 18.5. The molecular weight excluding hydrogens is 335 g/mol. The smallest absolute Gasteiger partial charge is 0.236 e. The van der Waals surface area contributed by atoms with Crippen LogP contribution < -0.4 is 0 Å². The Morgan fingerprint density at radius 3 is 2.58 bits per heavy atom. The van der Waals surface area contributed by atoms with E-state index < -0.39 is 0 Å². The standard InChI is InChI=1S/C19H25FN4O2/c1-15-11-17(21-26-15)13-23-7-9-24(10-8-23)14-19(25)22(2)12-16-5-3-4-6-18(16)20/h3-6,11H,7-10,12-14H2,1-2H3. The van der Waals surface area contributed by atoms with E-state index in [2.05, 4.69) is 15.0 Å². The van der Waals surface area contributed by atoms with Crippen molar-refractivity contribution >= 4 is 5.91 Å². The molecule has 0 unspecified atom stereocenters. The molecule has 2 aromatic rings. The third-order valence-electron chi connectivity index (χ3n) is 4.68. The van der Waals surface area contributed by atoms with E-state index in [1.165, 1.54) is 6.07 Å². The molecule has 0 saturated carbocycles. The molecule has 140 valence electrons. The highest BCUT2D eigenvalue weighted by molar-refractivity contribution is 5.78. The first-order chi connectivity index (χ1) is 12.5. The van der Waals surface area contributed by atoms with E-state index in [-0.39, 0.29) is 18.3 Å². The highest BCUT2D eigenvalue weighted by Gasteiger charge is 2.21. The minimum atomic E-state index is -0.274. The number of benzene rings is 1. The second-order valence-corrected chi connectivity index (χ2v) is 6.82. The molecule has 0 spiro atoms. The topological polar surface area (TPSA) is 52.8 Å². The Morgan fingerprint density at radius 2 is 1.92 bits per heavy atom. The van der Waals surface area contributed by atoms with Gasteiger partial charge in [-0.2, -0.15) is 0 Å². The molecule has 1 saturated heterocycles. The Kier molecular flexibility index (Phi) is 6.00. The summed E-state index contributed by atoms with van der Waals surface area (Å²) in [6.07, 6.45) is 0. The van der Waals surface area contributed by atoms with Crippen LogP contribution in [0.4, 0.5) is 4.39 Å². The molecule has 0 bridgehead atoms. The number of hydrogen-bond donors (Lipinski definition) is 0. The maximum atomic E-state index is 13.7. The molecule has 0 radical (unpaired) electrons. The molecule has 26 heavy (non-hydrogen) atoms. The third kappa shape index (κ3) is 4.89. The molecule has 7 heteroatoms. The lowest BCUT2D eigenvalue weighted by Gasteiger charge is -2.34. The van der Waals surface area contributed by atoms with Crippen LogP contribution in [0.5, 0.6) is 0 Å². The van der Waals surface area contributed by atoms with Crippen LogP contribution in [0.1, 0.15) is 17.0 Å². The van der Waals surface area contributed by atoms with Gasteiger partial charge in [-0.05, 0) is 13.0 Å². The number of halogens is 1. The van der Waals surface area contributed by atoms with Crippen LogP contribution in [-0.2, 0) is 17.9 Å². The maximum absolute atomic E-state index is 13.7. The second-order valence-electron chi connectivity index (χ2n) is 6.82. The van der Waals surface area contributed by atoms with Crippen molar-refractivity contribution in [3.8, 4) is 0 Å². The van der Waals surface area contributed by atoms with E-state index >= 15 is 0 Å². The van der Waals surface area contributed by atoms with Crippen molar-refractivity contribution in [2.24, 2.45) is 0 Å². The van der Waals surface area contributed by atoms with Crippen LogP contribution in [0.15, 0.2) is 34.9 Å². The van der Waals surface area contributed by atoms with Crippen molar-refractivity contribution in [2.75, 3.05) is 39.8 Å². The summed E-state index contributed by atoms with van der Waals surface area (Å²) < 4.78 is 18.8. The average Bonchev–Trinajstić information content (AvgIpc) is 3.03. The number of rotatable bonds is 6. The van der Waals surface area contributed by atoms with E-state index in [1.54, 1.807) is 30.1 Å². The van der Waals surface area contributed by atoms with E-state index in [9.17, 15) is 9.18 Å². The highest BCUT2D eigenvalue weighted by Crippen LogP contribution is 2.11. The predicted molar refractivity (Wildman–Crippen MR) is 95.8 cm³/mol. The number of carbonyl (C=O) groups excluding carboxylic acids is 1. The SMILES string of the molecule is Cc1cc(CN2CCN(CC(=O)N(C)Cc3ccccc3F)CC2)no1. The molecule has 0 aliphatic carbocycles. The molecular formula is C19H25FN4O2. The van der Waals surface area contributed by atoms with E-state index in [4.69, 9.17) is 4.52 Å². The van der Waals surface area contributed by atoms with Crippen LogP contribution in [0.25, 0.3) is 0 Å². The lowest BCUT2D eigenvalue weighted by Crippen LogP contribution is -2.49. The van der Waals surface area contributed by atoms with Gasteiger partial charge < -0.3 is 9.42 Å². The number of likely N-dealkylation sites (N-methyl/N-ethyl adjacent to an activating group) is 1. The van der Waals surface area contributed by atoms with Crippen molar-refractivity contribution in [1.82, 2.24) is 19.9 Å². The zero-order valence-corrected chi connectivity index (χ0v) is 15.3. The number of piperazine rings is 1. The molecule has 1 fully saturated rings. The Hall–Kier alpha value is -2.25. The summed E-state index contributed by atoms with van der Waals surface area (Å²) >= 11 is 0. The minimum absolute atomic E-state index is 0.00818. The number of hydrogen-bond acceptors (Lipinski definition) is 5. The van der Waals surface area contributed by atoms with Crippen LogP contribution in [0.3, 0.4) is 0 Å². The largest absolute Gasteiger partial charge is 0.361 e. The molecule has 1 aromatic heterocycles. The number of nitrogens with zero attached hydrogens (tertiary/aromatic N) is 4. The summed E-state index contributed by atoms with van der Waals surface area (Å²) in [6.45, 7) is 6.74. The van der Waals surface area contributed by atoms with Crippen molar-refractivity contribution in [2.45, 2.75) is 20.0 Å². The van der Waals surface area contributed by atoms with Gasteiger partial charge in [0, 0.05) is 57.9 Å². The van der Waals surface area contributed by atoms with Gasteiger partial charge in [0.1, 0.15) is 11.6 Å². The van der Waals surface area contributed by atoms with Crippen molar-refractivity contribution in [3.63, 3.8) is 0 Å². The fourth-order valence-corrected chi connectivity index (χ4v) is 3.11. The van der Waals surface area contributed by atoms with Crippen LogP contribution in [0, 0.1) is 12.7 Å². The van der Waals surface area contributed by atoms with Crippen molar-refractivity contribution in [3.05, 3.63) is 53.2 Å². The second kappa shape index (κ2) is 8.42. The van der Waals surface area contributed by atoms with E-state index in [0.29, 0.717) is 12.1 Å². The van der Waals surface area contributed by atoms with Gasteiger partial charge in [-0.1, -0.05) is 23.4 Å². The predicted octanol–water partition coefficient (Wildman–Crippen LogP) is 1.90. The zero-order valence-electron chi connectivity index (χ0n) is 15.3. The summed E-state index contributed by atoms with van der Waals surface area (Å²) in [5.41, 5.74) is 1.48. The van der Waals surface area contributed by atoms with Crippen LogP contribution in [-0.4, -0.2) is 65.5 Å². The number of amides is 1. The first-order valence-electron chi connectivity index (χ1n) is 8.85. The number of aromatic nitrogens is 1. The van der Waals surface area contributed by atoms with Crippen LogP contribution >= 0.6 is 0 Å². The molecule has 0 atom stereocenters. The van der Waals surface area contributed by atoms with Gasteiger partial charge in [-0.15, -0.1) is 0 Å². The Balaban J connectivity index is 1.43. The normalized spacial score (nSPS) is 16.0. The molecule has 0 N–H and O–H groups in total.